The van der Waals surface area contributed by atoms with Crippen LogP contribution in [0.4, 0.5) is 5.82 Å². The molecule has 21 heavy (non-hydrogen) atoms. The van der Waals surface area contributed by atoms with E-state index in [9.17, 15) is 0 Å². The van der Waals surface area contributed by atoms with E-state index >= 15 is 0 Å². The second-order valence-corrected chi connectivity index (χ2v) is 6.84. The normalized spacial score (nSPS) is 13.5. The lowest BCUT2D eigenvalue weighted by molar-refractivity contribution is 0.647. The van der Waals surface area contributed by atoms with E-state index in [0.29, 0.717) is 5.92 Å². The minimum Gasteiger partial charge on any atom is -0.373 e. The monoisotopic (exact) mass is 299 g/mol. The molecule has 2 aromatic rings. The van der Waals surface area contributed by atoms with Gasteiger partial charge in [-0.3, -0.25) is 0 Å². The molecule has 0 saturated carbocycles. The van der Waals surface area contributed by atoms with Crippen molar-refractivity contribution < 1.29 is 0 Å². The Morgan fingerprint density at radius 2 is 1.90 bits per heavy atom. The van der Waals surface area contributed by atoms with Gasteiger partial charge in [-0.25, -0.2) is 9.97 Å². The van der Waals surface area contributed by atoms with E-state index in [1.165, 1.54) is 16.8 Å². The molecule has 110 valence electrons. The maximum absolute atomic E-state index is 4.75. The van der Waals surface area contributed by atoms with Crippen molar-refractivity contribution in [2.24, 2.45) is 5.92 Å². The van der Waals surface area contributed by atoms with Gasteiger partial charge in [0.25, 0.3) is 0 Å². The summed E-state index contributed by atoms with van der Waals surface area (Å²) in [6.07, 6.45) is 1.11. The SMILES string of the molecule is CNc1nc(-c2ccc(CC(C)C)cc2)nc2c1CSC2. The Bertz CT molecular complexity index is 635. The molecular weight excluding hydrogens is 278 g/mol. The molecule has 0 atom stereocenters. The molecule has 0 fully saturated rings. The topological polar surface area (TPSA) is 37.8 Å². The third-order valence-corrected chi connectivity index (χ3v) is 4.64. The Balaban J connectivity index is 1.93. The van der Waals surface area contributed by atoms with E-state index in [2.05, 4.69) is 48.4 Å². The summed E-state index contributed by atoms with van der Waals surface area (Å²) in [6.45, 7) is 4.49. The van der Waals surface area contributed by atoms with Crippen LogP contribution in [0.2, 0.25) is 0 Å². The molecule has 0 spiro atoms. The van der Waals surface area contributed by atoms with Gasteiger partial charge in [0, 0.05) is 29.7 Å². The van der Waals surface area contributed by atoms with E-state index < -0.39 is 0 Å². The van der Waals surface area contributed by atoms with Crippen LogP contribution in [-0.4, -0.2) is 17.0 Å². The van der Waals surface area contributed by atoms with Gasteiger partial charge in [-0.15, -0.1) is 0 Å². The third-order valence-electron chi connectivity index (χ3n) is 3.67. The Morgan fingerprint density at radius 3 is 2.57 bits per heavy atom. The fraction of sp³-hybridized carbons (Fsp3) is 0.412. The number of aromatic nitrogens is 2. The standard InChI is InChI=1S/C17H21N3S/c1-11(2)8-12-4-6-13(7-5-12)16-19-15-10-21-9-14(15)17(18-3)20-16/h4-7,11H,8-10H2,1-3H3,(H,18,19,20). The molecule has 4 heteroatoms. The van der Waals surface area contributed by atoms with Crippen molar-refractivity contribution in [3.05, 3.63) is 41.1 Å². The van der Waals surface area contributed by atoms with Gasteiger partial charge in [-0.1, -0.05) is 38.1 Å². The first kappa shape index (κ1) is 14.4. The molecule has 1 aliphatic rings. The maximum Gasteiger partial charge on any atom is 0.161 e. The van der Waals surface area contributed by atoms with Crippen molar-refractivity contribution in [1.29, 1.82) is 0 Å². The van der Waals surface area contributed by atoms with Crippen LogP contribution in [0, 0.1) is 5.92 Å². The van der Waals surface area contributed by atoms with Crippen molar-refractivity contribution in [2.45, 2.75) is 31.8 Å². The van der Waals surface area contributed by atoms with Crippen molar-refractivity contribution >= 4 is 17.6 Å². The summed E-state index contributed by atoms with van der Waals surface area (Å²) >= 11 is 1.90. The van der Waals surface area contributed by atoms with Crippen LogP contribution in [0.25, 0.3) is 11.4 Å². The summed E-state index contributed by atoms with van der Waals surface area (Å²) < 4.78 is 0. The molecule has 0 bridgehead atoms. The first-order valence-corrected chi connectivity index (χ1v) is 8.57. The van der Waals surface area contributed by atoms with Crippen LogP contribution in [-0.2, 0) is 17.9 Å². The van der Waals surface area contributed by atoms with Gasteiger partial charge < -0.3 is 5.32 Å². The summed E-state index contributed by atoms with van der Waals surface area (Å²) in [7, 11) is 1.93. The second kappa shape index (κ2) is 6.06. The number of thioether (sulfide) groups is 1. The lowest BCUT2D eigenvalue weighted by atomic mass is 10.0. The van der Waals surface area contributed by atoms with E-state index in [1.54, 1.807) is 0 Å². The summed E-state index contributed by atoms with van der Waals surface area (Å²) in [5.74, 6) is 4.49. The molecule has 0 saturated heterocycles. The van der Waals surface area contributed by atoms with E-state index in [-0.39, 0.29) is 0 Å². The van der Waals surface area contributed by atoms with Gasteiger partial charge in [-0.2, -0.15) is 11.8 Å². The smallest absolute Gasteiger partial charge is 0.161 e. The van der Waals surface area contributed by atoms with E-state index in [1.807, 2.05) is 18.8 Å². The summed E-state index contributed by atoms with van der Waals surface area (Å²) in [5.41, 5.74) is 4.92. The van der Waals surface area contributed by atoms with Gasteiger partial charge in [0.05, 0.1) is 5.69 Å². The molecule has 1 N–H and O–H groups in total. The number of benzene rings is 1. The van der Waals surface area contributed by atoms with Crippen LogP contribution in [0.1, 0.15) is 30.7 Å². The van der Waals surface area contributed by atoms with Crippen LogP contribution >= 0.6 is 11.8 Å². The van der Waals surface area contributed by atoms with Gasteiger partial charge >= 0.3 is 0 Å². The minimum atomic E-state index is 0.681. The largest absolute Gasteiger partial charge is 0.373 e. The molecule has 1 aromatic carbocycles. The third kappa shape index (κ3) is 3.05. The number of fused-ring (bicyclic) bond motifs is 1. The molecule has 1 aromatic heterocycles. The lowest BCUT2D eigenvalue weighted by Crippen LogP contribution is -2.03. The predicted molar refractivity (Wildman–Crippen MR) is 90.6 cm³/mol. The molecule has 2 heterocycles. The van der Waals surface area contributed by atoms with E-state index in [4.69, 9.17) is 4.98 Å². The summed E-state index contributed by atoms with van der Waals surface area (Å²) in [4.78, 5) is 9.44. The molecule has 3 rings (SSSR count). The van der Waals surface area contributed by atoms with Crippen molar-refractivity contribution in [3.8, 4) is 11.4 Å². The van der Waals surface area contributed by atoms with Crippen LogP contribution in [0.5, 0.6) is 0 Å². The van der Waals surface area contributed by atoms with Gasteiger partial charge in [-0.05, 0) is 17.9 Å². The average Bonchev–Trinajstić information content (AvgIpc) is 2.94. The molecule has 0 radical (unpaired) electrons. The highest BCUT2D eigenvalue weighted by Crippen LogP contribution is 2.34. The summed E-state index contributed by atoms with van der Waals surface area (Å²) in [5, 5.41) is 3.21. The second-order valence-electron chi connectivity index (χ2n) is 5.86. The lowest BCUT2D eigenvalue weighted by Gasteiger charge is -2.10. The Morgan fingerprint density at radius 1 is 1.14 bits per heavy atom. The number of anilines is 1. The van der Waals surface area contributed by atoms with Gasteiger partial charge in [0.2, 0.25) is 0 Å². The maximum atomic E-state index is 4.75. The minimum absolute atomic E-state index is 0.681. The quantitative estimate of drug-likeness (QED) is 0.921. The highest BCUT2D eigenvalue weighted by atomic mass is 32.2. The Labute approximate surface area is 130 Å². The molecule has 3 nitrogen and oxygen atoms in total. The molecule has 0 amide bonds. The van der Waals surface area contributed by atoms with Crippen molar-refractivity contribution in [2.75, 3.05) is 12.4 Å². The average molecular weight is 299 g/mol. The van der Waals surface area contributed by atoms with Crippen LogP contribution in [0.3, 0.4) is 0 Å². The zero-order valence-electron chi connectivity index (χ0n) is 12.8. The Hall–Kier alpha value is -1.55. The Kier molecular flexibility index (Phi) is 4.15. The zero-order valence-corrected chi connectivity index (χ0v) is 13.6. The molecular formula is C17H21N3S. The van der Waals surface area contributed by atoms with Crippen molar-refractivity contribution in [3.63, 3.8) is 0 Å². The van der Waals surface area contributed by atoms with Gasteiger partial charge in [0.1, 0.15) is 5.82 Å². The molecule has 0 unspecified atom stereocenters. The summed E-state index contributed by atoms with van der Waals surface area (Å²) in [6, 6.07) is 8.67. The number of rotatable bonds is 4. The fourth-order valence-electron chi connectivity index (χ4n) is 2.65. The van der Waals surface area contributed by atoms with Crippen LogP contribution < -0.4 is 5.32 Å². The number of hydrogen-bond donors (Lipinski definition) is 1. The highest BCUT2D eigenvalue weighted by molar-refractivity contribution is 7.98. The molecule has 0 aliphatic carbocycles. The van der Waals surface area contributed by atoms with E-state index in [0.717, 1.165) is 35.1 Å². The van der Waals surface area contributed by atoms with Crippen LogP contribution in [0.15, 0.2) is 24.3 Å². The zero-order chi connectivity index (χ0) is 14.8. The number of nitrogens with zero attached hydrogens (tertiary/aromatic N) is 2. The first-order valence-electron chi connectivity index (χ1n) is 7.42. The highest BCUT2D eigenvalue weighted by Gasteiger charge is 2.19. The first-order chi connectivity index (χ1) is 10.2. The molecule has 1 aliphatic heterocycles. The predicted octanol–water partition coefficient (Wildman–Crippen LogP) is 4.13. The van der Waals surface area contributed by atoms with Gasteiger partial charge in [0.15, 0.2) is 5.82 Å². The fourth-order valence-corrected chi connectivity index (χ4v) is 3.69. The number of nitrogens with one attached hydrogen (secondary N) is 1. The number of hydrogen-bond acceptors (Lipinski definition) is 4. The van der Waals surface area contributed by atoms with Crippen molar-refractivity contribution in [1.82, 2.24) is 9.97 Å².